The molecule has 2 fully saturated rings. The third-order valence-corrected chi connectivity index (χ3v) is 4.26. The van der Waals surface area contributed by atoms with Gasteiger partial charge in [-0.15, -0.1) is 0 Å². The van der Waals surface area contributed by atoms with Crippen LogP contribution < -0.4 is 10.1 Å². The molecule has 126 valence electrons. The van der Waals surface area contributed by atoms with Gasteiger partial charge in [0.25, 0.3) is 0 Å². The minimum atomic E-state index is -0.439. The van der Waals surface area contributed by atoms with Gasteiger partial charge in [0.1, 0.15) is 12.4 Å². The number of hydrogen-bond donors (Lipinski definition) is 1. The number of benzene rings is 1. The average Bonchev–Trinajstić information content (AvgIpc) is 3.00. The van der Waals surface area contributed by atoms with E-state index in [0.29, 0.717) is 39.5 Å². The Balaban J connectivity index is 1.35. The second-order valence-electron chi connectivity index (χ2n) is 5.99. The van der Waals surface area contributed by atoms with E-state index in [1.165, 1.54) is 0 Å². The number of urea groups is 1. The molecule has 0 saturated carbocycles. The third-order valence-electron chi connectivity index (χ3n) is 4.26. The van der Waals surface area contributed by atoms with E-state index in [0.717, 1.165) is 24.2 Å². The standard InChI is InChI=1S/C17H24N2O4/c1-14-3-2-4-15(13-14)21-10-7-18-16(20)19-8-5-17(6-9-19)22-11-12-23-17/h2-4,13H,5-12H2,1H3,(H,18,20). The lowest BCUT2D eigenvalue weighted by atomic mass is 10.0. The molecule has 2 saturated heterocycles. The number of aryl methyl sites for hydroxylation is 1. The van der Waals surface area contributed by atoms with Crippen molar-refractivity contribution in [2.45, 2.75) is 25.6 Å². The highest BCUT2D eigenvalue weighted by molar-refractivity contribution is 5.74. The van der Waals surface area contributed by atoms with E-state index in [9.17, 15) is 4.79 Å². The molecule has 1 spiro atoms. The summed E-state index contributed by atoms with van der Waals surface area (Å²) < 4.78 is 17.0. The van der Waals surface area contributed by atoms with Crippen molar-refractivity contribution in [1.29, 1.82) is 0 Å². The number of hydrogen-bond acceptors (Lipinski definition) is 4. The van der Waals surface area contributed by atoms with Crippen LogP contribution >= 0.6 is 0 Å². The molecule has 1 aromatic rings. The molecule has 2 aliphatic heterocycles. The van der Waals surface area contributed by atoms with Gasteiger partial charge in [-0.2, -0.15) is 0 Å². The molecular weight excluding hydrogens is 296 g/mol. The Bertz CT molecular complexity index is 533. The predicted molar refractivity (Wildman–Crippen MR) is 85.5 cm³/mol. The van der Waals surface area contributed by atoms with Gasteiger partial charge >= 0.3 is 6.03 Å². The van der Waals surface area contributed by atoms with Gasteiger partial charge in [0, 0.05) is 25.9 Å². The minimum Gasteiger partial charge on any atom is -0.492 e. The van der Waals surface area contributed by atoms with Crippen LogP contribution in [0.1, 0.15) is 18.4 Å². The van der Waals surface area contributed by atoms with Crippen LogP contribution in [0.5, 0.6) is 5.75 Å². The molecule has 0 atom stereocenters. The van der Waals surface area contributed by atoms with Crippen molar-refractivity contribution in [1.82, 2.24) is 10.2 Å². The van der Waals surface area contributed by atoms with Gasteiger partial charge < -0.3 is 24.4 Å². The fourth-order valence-corrected chi connectivity index (χ4v) is 2.98. The summed E-state index contributed by atoms with van der Waals surface area (Å²) in [6, 6.07) is 7.83. The van der Waals surface area contributed by atoms with Crippen LogP contribution in [0.15, 0.2) is 24.3 Å². The number of ether oxygens (including phenoxy) is 3. The van der Waals surface area contributed by atoms with E-state index in [1.54, 1.807) is 0 Å². The molecule has 2 aliphatic rings. The maximum atomic E-state index is 12.1. The van der Waals surface area contributed by atoms with Gasteiger partial charge in [0.2, 0.25) is 0 Å². The minimum absolute atomic E-state index is 0.0503. The van der Waals surface area contributed by atoms with Crippen molar-refractivity contribution in [2.24, 2.45) is 0 Å². The second kappa shape index (κ2) is 7.19. The molecule has 0 unspecified atom stereocenters. The molecular formula is C17H24N2O4. The largest absolute Gasteiger partial charge is 0.492 e. The number of likely N-dealkylation sites (tertiary alicyclic amines) is 1. The highest BCUT2D eigenvalue weighted by Crippen LogP contribution is 2.31. The van der Waals surface area contributed by atoms with Crippen molar-refractivity contribution in [3.8, 4) is 5.75 Å². The first-order valence-corrected chi connectivity index (χ1v) is 8.17. The smallest absolute Gasteiger partial charge is 0.317 e. The summed E-state index contributed by atoms with van der Waals surface area (Å²) in [7, 11) is 0. The Morgan fingerprint density at radius 2 is 2.04 bits per heavy atom. The summed E-state index contributed by atoms with van der Waals surface area (Å²) in [5.74, 6) is 0.389. The summed E-state index contributed by atoms with van der Waals surface area (Å²) >= 11 is 0. The molecule has 0 bridgehead atoms. The quantitative estimate of drug-likeness (QED) is 0.861. The molecule has 6 heteroatoms. The van der Waals surface area contributed by atoms with E-state index in [4.69, 9.17) is 14.2 Å². The normalized spacial score (nSPS) is 19.8. The van der Waals surface area contributed by atoms with Crippen molar-refractivity contribution in [3.05, 3.63) is 29.8 Å². The van der Waals surface area contributed by atoms with Gasteiger partial charge in [0.15, 0.2) is 5.79 Å². The maximum Gasteiger partial charge on any atom is 0.317 e. The number of amides is 2. The molecule has 23 heavy (non-hydrogen) atoms. The SMILES string of the molecule is Cc1cccc(OCCNC(=O)N2CCC3(CC2)OCCO3)c1. The zero-order valence-electron chi connectivity index (χ0n) is 13.5. The number of nitrogens with zero attached hydrogens (tertiary/aromatic N) is 1. The Hall–Kier alpha value is -1.79. The van der Waals surface area contributed by atoms with Crippen molar-refractivity contribution >= 4 is 6.03 Å². The molecule has 1 N–H and O–H groups in total. The Kier molecular flexibility index (Phi) is 5.03. The van der Waals surface area contributed by atoms with Crippen LogP contribution in [0.3, 0.4) is 0 Å². The summed E-state index contributed by atoms with van der Waals surface area (Å²) in [4.78, 5) is 14.0. The number of carbonyl (C=O) groups is 1. The highest BCUT2D eigenvalue weighted by atomic mass is 16.7. The summed E-state index contributed by atoms with van der Waals surface area (Å²) in [5.41, 5.74) is 1.16. The van der Waals surface area contributed by atoms with Crippen LogP contribution in [0.2, 0.25) is 0 Å². The second-order valence-corrected chi connectivity index (χ2v) is 5.99. The van der Waals surface area contributed by atoms with E-state index in [-0.39, 0.29) is 6.03 Å². The lowest BCUT2D eigenvalue weighted by molar-refractivity contribution is -0.181. The fourth-order valence-electron chi connectivity index (χ4n) is 2.98. The molecule has 0 aliphatic carbocycles. The van der Waals surface area contributed by atoms with Crippen molar-refractivity contribution in [2.75, 3.05) is 39.5 Å². The fraction of sp³-hybridized carbons (Fsp3) is 0.588. The van der Waals surface area contributed by atoms with Crippen molar-refractivity contribution in [3.63, 3.8) is 0 Å². The molecule has 1 aromatic carbocycles. The van der Waals surface area contributed by atoms with Crippen molar-refractivity contribution < 1.29 is 19.0 Å². The number of carbonyl (C=O) groups excluding carboxylic acids is 1. The number of piperidine rings is 1. The Morgan fingerprint density at radius 3 is 2.74 bits per heavy atom. The van der Waals surface area contributed by atoms with Gasteiger partial charge in [-0.05, 0) is 24.6 Å². The lowest BCUT2D eigenvalue weighted by Crippen LogP contribution is -2.50. The Labute approximate surface area is 136 Å². The molecule has 0 radical (unpaired) electrons. The predicted octanol–water partition coefficient (Wildman–Crippen LogP) is 1.92. The lowest BCUT2D eigenvalue weighted by Gasteiger charge is -2.37. The Morgan fingerprint density at radius 1 is 1.30 bits per heavy atom. The molecule has 6 nitrogen and oxygen atoms in total. The van der Waals surface area contributed by atoms with Crippen LogP contribution in [0.4, 0.5) is 4.79 Å². The van der Waals surface area contributed by atoms with Crippen LogP contribution in [0, 0.1) is 6.92 Å². The van der Waals surface area contributed by atoms with E-state index >= 15 is 0 Å². The summed E-state index contributed by atoms with van der Waals surface area (Å²) in [5, 5.41) is 2.90. The maximum absolute atomic E-state index is 12.1. The molecule has 2 amide bonds. The summed E-state index contributed by atoms with van der Waals surface area (Å²) in [6.07, 6.45) is 1.47. The van der Waals surface area contributed by atoms with E-state index in [1.807, 2.05) is 36.1 Å². The average molecular weight is 320 g/mol. The first kappa shape index (κ1) is 16.1. The summed E-state index contributed by atoms with van der Waals surface area (Å²) in [6.45, 7) is 5.59. The zero-order valence-corrected chi connectivity index (χ0v) is 13.5. The third kappa shape index (κ3) is 4.14. The van der Waals surface area contributed by atoms with E-state index < -0.39 is 5.79 Å². The topological polar surface area (TPSA) is 60.0 Å². The van der Waals surface area contributed by atoms with Crippen LogP contribution in [0.25, 0.3) is 0 Å². The monoisotopic (exact) mass is 320 g/mol. The molecule has 0 aromatic heterocycles. The van der Waals surface area contributed by atoms with E-state index in [2.05, 4.69) is 5.32 Å². The first-order chi connectivity index (χ1) is 11.2. The molecule has 2 heterocycles. The van der Waals surface area contributed by atoms with Gasteiger partial charge in [0.05, 0.1) is 19.8 Å². The number of nitrogens with one attached hydrogen (secondary N) is 1. The van der Waals surface area contributed by atoms with Gasteiger partial charge in [-0.1, -0.05) is 12.1 Å². The first-order valence-electron chi connectivity index (χ1n) is 8.17. The highest BCUT2D eigenvalue weighted by Gasteiger charge is 2.40. The number of rotatable bonds is 4. The van der Waals surface area contributed by atoms with Crippen LogP contribution in [-0.4, -0.2) is 56.2 Å². The van der Waals surface area contributed by atoms with Crippen LogP contribution in [-0.2, 0) is 9.47 Å². The zero-order chi connectivity index (χ0) is 16.1. The van der Waals surface area contributed by atoms with Gasteiger partial charge in [-0.25, -0.2) is 4.79 Å². The molecule has 3 rings (SSSR count). The van der Waals surface area contributed by atoms with Gasteiger partial charge in [-0.3, -0.25) is 0 Å².